The highest BCUT2D eigenvalue weighted by Gasteiger charge is 2.23. The number of rotatable bonds is 5. The van der Waals surface area contributed by atoms with Gasteiger partial charge < -0.3 is 9.84 Å². The van der Waals surface area contributed by atoms with Crippen molar-refractivity contribution in [2.45, 2.75) is 44.0 Å². The van der Waals surface area contributed by atoms with Crippen molar-refractivity contribution in [1.82, 2.24) is 0 Å². The van der Waals surface area contributed by atoms with Gasteiger partial charge in [-0.25, -0.2) is 0 Å². The fourth-order valence-electron chi connectivity index (χ4n) is 2.21. The molecule has 0 amide bonds. The van der Waals surface area contributed by atoms with Gasteiger partial charge >= 0.3 is 0 Å². The van der Waals surface area contributed by atoms with Crippen molar-refractivity contribution in [3.8, 4) is 5.75 Å². The molecule has 1 aromatic rings. The Kier molecular flexibility index (Phi) is 5.39. The van der Waals surface area contributed by atoms with E-state index in [1.165, 1.54) is 18.6 Å². The second kappa shape index (κ2) is 7.05. The van der Waals surface area contributed by atoms with Crippen LogP contribution in [0.3, 0.4) is 0 Å². The van der Waals surface area contributed by atoms with E-state index in [2.05, 4.69) is 6.92 Å². The molecule has 0 radical (unpaired) electrons. The summed E-state index contributed by atoms with van der Waals surface area (Å²) in [5.41, 5.74) is 1.01. The van der Waals surface area contributed by atoms with Crippen LogP contribution < -0.4 is 4.74 Å². The normalized spacial score (nSPS) is 21.6. The van der Waals surface area contributed by atoms with Crippen LogP contribution in [0.2, 0.25) is 0 Å². The Morgan fingerprint density at radius 2 is 2.11 bits per heavy atom. The van der Waals surface area contributed by atoms with Gasteiger partial charge in [-0.05, 0) is 42.7 Å². The monoisotopic (exact) mass is 266 g/mol. The molecule has 100 valence electrons. The number of hydrogen-bond acceptors (Lipinski definition) is 3. The molecule has 1 aliphatic heterocycles. The molecule has 1 heterocycles. The van der Waals surface area contributed by atoms with Crippen LogP contribution in [0.1, 0.15) is 44.3 Å². The van der Waals surface area contributed by atoms with Crippen LogP contribution in [0.5, 0.6) is 5.75 Å². The second-order valence-corrected chi connectivity index (χ2v) is 6.11. The largest absolute Gasteiger partial charge is 0.494 e. The summed E-state index contributed by atoms with van der Waals surface area (Å²) < 4.78 is 5.55. The summed E-state index contributed by atoms with van der Waals surface area (Å²) in [5, 5.41) is 10.7. The summed E-state index contributed by atoms with van der Waals surface area (Å²) in [6, 6.07) is 7.90. The predicted octanol–water partition coefficient (Wildman–Crippen LogP) is 3.79. The molecule has 1 N–H and O–H groups in total. The van der Waals surface area contributed by atoms with E-state index >= 15 is 0 Å². The van der Waals surface area contributed by atoms with Crippen molar-refractivity contribution in [3.63, 3.8) is 0 Å². The molecular weight excluding hydrogens is 244 g/mol. The first kappa shape index (κ1) is 13.8. The fraction of sp³-hybridized carbons (Fsp3) is 0.600. The first-order valence-electron chi connectivity index (χ1n) is 6.83. The third kappa shape index (κ3) is 3.66. The van der Waals surface area contributed by atoms with E-state index in [-0.39, 0.29) is 6.10 Å². The van der Waals surface area contributed by atoms with E-state index in [1.807, 2.05) is 36.0 Å². The molecule has 2 rings (SSSR count). The van der Waals surface area contributed by atoms with E-state index < -0.39 is 0 Å². The van der Waals surface area contributed by atoms with Crippen molar-refractivity contribution in [2.75, 3.05) is 12.4 Å². The molecule has 1 aliphatic rings. The van der Waals surface area contributed by atoms with Crippen LogP contribution in [-0.2, 0) is 0 Å². The zero-order valence-electron chi connectivity index (χ0n) is 11.0. The molecule has 1 saturated heterocycles. The van der Waals surface area contributed by atoms with E-state index in [4.69, 9.17) is 4.74 Å². The Bertz CT molecular complexity index is 344. The van der Waals surface area contributed by atoms with Gasteiger partial charge in [-0.1, -0.05) is 25.5 Å². The lowest BCUT2D eigenvalue weighted by atomic mass is 10.0. The lowest BCUT2D eigenvalue weighted by molar-refractivity contribution is 0.168. The lowest BCUT2D eigenvalue weighted by Crippen LogP contribution is -2.18. The summed E-state index contributed by atoms with van der Waals surface area (Å²) in [6.45, 7) is 2.85. The summed E-state index contributed by atoms with van der Waals surface area (Å²) in [5.74, 6) is 2.07. The minimum absolute atomic E-state index is 0.337. The van der Waals surface area contributed by atoms with Gasteiger partial charge in [-0.15, -0.1) is 0 Å². The van der Waals surface area contributed by atoms with Gasteiger partial charge in [0.25, 0.3) is 0 Å². The third-order valence-electron chi connectivity index (χ3n) is 3.26. The van der Waals surface area contributed by atoms with Crippen molar-refractivity contribution >= 4 is 11.8 Å². The van der Waals surface area contributed by atoms with Gasteiger partial charge in [-0.3, -0.25) is 0 Å². The average Bonchev–Trinajstić information content (AvgIpc) is 2.46. The highest BCUT2D eigenvalue weighted by Crippen LogP contribution is 2.35. The molecule has 0 spiro atoms. The summed E-state index contributed by atoms with van der Waals surface area (Å²) in [4.78, 5) is 0. The van der Waals surface area contributed by atoms with Gasteiger partial charge in [0.05, 0.1) is 12.7 Å². The Balaban J connectivity index is 1.95. The second-order valence-electron chi connectivity index (χ2n) is 4.77. The van der Waals surface area contributed by atoms with Gasteiger partial charge in [0.1, 0.15) is 5.75 Å². The van der Waals surface area contributed by atoms with Crippen molar-refractivity contribution in [2.24, 2.45) is 0 Å². The van der Waals surface area contributed by atoms with Crippen LogP contribution in [0.4, 0.5) is 0 Å². The third-order valence-corrected chi connectivity index (χ3v) is 4.71. The number of benzene rings is 1. The van der Waals surface area contributed by atoms with E-state index in [0.29, 0.717) is 5.25 Å². The van der Waals surface area contributed by atoms with Crippen LogP contribution >= 0.6 is 11.8 Å². The molecule has 2 atom stereocenters. The van der Waals surface area contributed by atoms with Crippen molar-refractivity contribution in [3.05, 3.63) is 29.8 Å². The van der Waals surface area contributed by atoms with E-state index in [1.54, 1.807) is 0 Å². The van der Waals surface area contributed by atoms with E-state index in [0.717, 1.165) is 30.8 Å². The van der Waals surface area contributed by atoms with Crippen LogP contribution in [0.15, 0.2) is 24.3 Å². The van der Waals surface area contributed by atoms with E-state index in [9.17, 15) is 5.11 Å². The number of aliphatic hydroxyl groups excluding tert-OH is 1. The molecule has 2 unspecified atom stereocenters. The molecule has 3 heteroatoms. The first-order chi connectivity index (χ1) is 8.81. The first-order valence-corrected chi connectivity index (χ1v) is 7.88. The lowest BCUT2D eigenvalue weighted by Gasteiger charge is -2.26. The minimum atomic E-state index is -0.337. The molecule has 0 bridgehead atoms. The Labute approximate surface area is 114 Å². The molecule has 1 fully saturated rings. The van der Waals surface area contributed by atoms with Gasteiger partial charge in [0.2, 0.25) is 0 Å². The quantitative estimate of drug-likeness (QED) is 0.879. The molecule has 18 heavy (non-hydrogen) atoms. The maximum Gasteiger partial charge on any atom is 0.119 e. The number of aliphatic hydroxyl groups is 1. The van der Waals surface area contributed by atoms with Crippen LogP contribution in [0, 0.1) is 0 Å². The van der Waals surface area contributed by atoms with Crippen molar-refractivity contribution in [1.29, 1.82) is 0 Å². The Morgan fingerprint density at radius 1 is 1.33 bits per heavy atom. The molecule has 0 aromatic heterocycles. The number of thioether (sulfide) groups is 1. The van der Waals surface area contributed by atoms with Crippen molar-refractivity contribution < 1.29 is 9.84 Å². The fourth-order valence-corrected chi connectivity index (χ4v) is 3.56. The maximum absolute atomic E-state index is 10.4. The van der Waals surface area contributed by atoms with Gasteiger partial charge in [0.15, 0.2) is 0 Å². The number of hydrogen-bond donors (Lipinski definition) is 1. The predicted molar refractivity (Wildman–Crippen MR) is 77.3 cm³/mol. The average molecular weight is 266 g/mol. The molecule has 2 nitrogen and oxygen atoms in total. The standard InChI is InChI=1S/C15H22O2S/c1-2-10-17-13-8-6-12(7-9-13)15(16)14-5-3-4-11-18-14/h6-9,14-16H,2-5,10-11H2,1H3. The molecular formula is C15H22O2S. The zero-order valence-corrected chi connectivity index (χ0v) is 11.8. The highest BCUT2D eigenvalue weighted by atomic mass is 32.2. The Hall–Kier alpha value is -0.670. The molecule has 0 aliphatic carbocycles. The molecule has 1 aromatic carbocycles. The maximum atomic E-state index is 10.4. The van der Waals surface area contributed by atoms with Crippen LogP contribution in [-0.4, -0.2) is 22.7 Å². The van der Waals surface area contributed by atoms with Gasteiger partial charge in [0, 0.05) is 5.25 Å². The topological polar surface area (TPSA) is 29.5 Å². The molecule has 0 saturated carbocycles. The Morgan fingerprint density at radius 3 is 2.72 bits per heavy atom. The summed E-state index contributed by atoms with van der Waals surface area (Å²) in [6.07, 6.45) is 4.34. The van der Waals surface area contributed by atoms with Gasteiger partial charge in [-0.2, -0.15) is 11.8 Å². The van der Waals surface area contributed by atoms with Crippen LogP contribution in [0.25, 0.3) is 0 Å². The SMILES string of the molecule is CCCOc1ccc(C(O)C2CCCCS2)cc1. The highest BCUT2D eigenvalue weighted by molar-refractivity contribution is 7.99. The smallest absolute Gasteiger partial charge is 0.119 e. The summed E-state index contributed by atoms with van der Waals surface area (Å²) >= 11 is 1.90. The zero-order chi connectivity index (χ0) is 12.8. The number of ether oxygens (including phenoxy) is 1. The summed E-state index contributed by atoms with van der Waals surface area (Å²) in [7, 11) is 0. The minimum Gasteiger partial charge on any atom is -0.494 e.